The van der Waals surface area contributed by atoms with Gasteiger partial charge in [-0.2, -0.15) is 0 Å². The predicted molar refractivity (Wildman–Crippen MR) is 129 cm³/mol. The molecule has 0 spiro atoms. The summed E-state index contributed by atoms with van der Waals surface area (Å²) in [6.07, 6.45) is 1.63. The smallest absolute Gasteiger partial charge is 0.191 e. The van der Waals surface area contributed by atoms with E-state index in [4.69, 9.17) is 0 Å². The highest BCUT2D eigenvalue weighted by atomic mass is 127. The quantitative estimate of drug-likeness (QED) is 0.268. The van der Waals surface area contributed by atoms with Gasteiger partial charge in [-0.15, -0.1) is 24.0 Å². The Labute approximate surface area is 192 Å². The van der Waals surface area contributed by atoms with E-state index in [0.717, 1.165) is 30.6 Å². The highest BCUT2D eigenvalue weighted by Crippen LogP contribution is 2.26. The molecule has 8 heteroatoms. The third kappa shape index (κ3) is 5.03. The Morgan fingerprint density at radius 3 is 2.67 bits per heavy atom. The predicted octanol–water partition coefficient (Wildman–Crippen LogP) is 4.05. The number of anilines is 1. The summed E-state index contributed by atoms with van der Waals surface area (Å²) < 4.78 is 28.0. The summed E-state index contributed by atoms with van der Waals surface area (Å²) in [5, 5.41) is 7.88. The van der Waals surface area contributed by atoms with Gasteiger partial charge in [0, 0.05) is 50.4 Å². The van der Waals surface area contributed by atoms with Crippen LogP contribution < -0.4 is 15.5 Å². The van der Waals surface area contributed by atoms with Gasteiger partial charge in [0.25, 0.3) is 0 Å². The van der Waals surface area contributed by atoms with Crippen LogP contribution in [0.1, 0.15) is 12.1 Å². The van der Waals surface area contributed by atoms with Gasteiger partial charge >= 0.3 is 0 Å². The minimum Gasteiger partial charge on any atom is -0.365 e. The van der Waals surface area contributed by atoms with Crippen LogP contribution in [0, 0.1) is 11.6 Å². The van der Waals surface area contributed by atoms with Crippen molar-refractivity contribution < 1.29 is 8.78 Å². The fourth-order valence-corrected chi connectivity index (χ4v) is 3.84. The second-order valence-electron chi connectivity index (χ2n) is 7.28. The number of rotatable bonds is 5. The number of fused-ring (bicyclic) bond motifs is 1. The molecule has 1 aliphatic rings. The van der Waals surface area contributed by atoms with E-state index < -0.39 is 11.6 Å². The molecule has 1 atom stereocenters. The van der Waals surface area contributed by atoms with Crippen molar-refractivity contribution in [2.45, 2.75) is 18.9 Å². The van der Waals surface area contributed by atoms with Crippen molar-refractivity contribution in [3.8, 4) is 0 Å². The molecule has 1 aliphatic heterocycles. The molecule has 3 aromatic rings. The maximum atomic E-state index is 14.0. The number of nitrogens with zero attached hydrogens (tertiary/aromatic N) is 2. The molecule has 1 saturated heterocycles. The number of para-hydroxylation sites is 2. The van der Waals surface area contributed by atoms with Crippen LogP contribution in [0.2, 0.25) is 0 Å². The number of hydrogen-bond acceptors (Lipinski definition) is 2. The molecule has 2 heterocycles. The normalized spacial score (nSPS) is 16.6. The van der Waals surface area contributed by atoms with Crippen LogP contribution in [-0.2, 0) is 6.42 Å². The lowest BCUT2D eigenvalue weighted by molar-refractivity contribution is 0.576. The number of halogens is 3. The minimum atomic E-state index is -0.522. The van der Waals surface area contributed by atoms with Crippen LogP contribution in [-0.4, -0.2) is 43.7 Å². The topological polar surface area (TPSA) is 55.5 Å². The molecular weight excluding hydrogens is 499 g/mol. The fraction of sp³-hybridized carbons (Fsp3) is 0.318. The standard InChI is InChI=1S/C22H25F2N5.HI/c1-25-22(26-11-9-16-13-15-5-2-3-8-20(15)27-16)28-17-10-12-29(14-17)21-18(23)6-4-7-19(21)24;/h2-8,13,17,27H,9-12,14H2,1H3,(H2,25,26,28);1H. The lowest BCUT2D eigenvalue weighted by atomic mass is 10.2. The van der Waals surface area contributed by atoms with Gasteiger partial charge in [-0.3, -0.25) is 4.99 Å². The Balaban J connectivity index is 0.00000256. The largest absolute Gasteiger partial charge is 0.365 e. The van der Waals surface area contributed by atoms with Crippen molar-refractivity contribution in [2.24, 2.45) is 4.99 Å². The van der Waals surface area contributed by atoms with E-state index in [-0.39, 0.29) is 35.7 Å². The van der Waals surface area contributed by atoms with Gasteiger partial charge < -0.3 is 20.5 Å². The maximum Gasteiger partial charge on any atom is 0.191 e. The van der Waals surface area contributed by atoms with E-state index in [2.05, 4.69) is 38.8 Å². The number of H-pyrrole nitrogens is 1. The van der Waals surface area contributed by atoms with Crippen LogP contribution in [0.3, 0.4) is 0 Å². The van der Waals surface area contributed by atoms with Crippen LogP contribution in [0.15, 0.2) is 53.5 Å². The van der Waals surface area contributed by atoms with Crippen molar-refractivity contribution in [1.29, 1.82) is 0 Å². The zero-order chi connectivity index (χ0) is 20.2. The Bertz CT molecular complexity index is 966. The van der Waals surface area contributed by atoms with Crippen LogP contribution in [0.4, 0.5) is 14.5 Å². The second kappa shape index (κ2) is 10.1. The molecule has 0 bridgehead atoms. The number of nitrogens with one attached hydrogen (secondary N) is 3. The van der Waals surface area contributed by atoms with Crippen LogP contribution in [0.5, 0.6) is 0 Å². The van der Waals surface area contributed by atoms with E-state index >= 15 is 0 Å². The van der Waals surface area contributed by atoms with Gasteiger partial charge in [0.2, 0.25) is 0 Å². The monoisotopic (exact) mass is 525 g/mol. The van der Waals surface area contributed by atoms with Crippen LogP contribution >= 0.6 is 24.0 Å². The molecule has 0 amide bonds. The first-order valence-electron chi connectivity index (χ1n) is 9.87. The lowest BCUT2D eigenvalue weighted by Crippen LogP contribution is -2.45. The van der Waals surface area contributed by atoms with E-state index in [0.29, 0.717) is 19.0 Å². The molecule has 2 aromatic carbocycles. The fourth-order valence-electron chi connectivity index (χ4n) is 3.84. The van der Waals surface area contributed by atoms with Crippen LogP contribution in [0.25, 0.3) is 10.9 Å². The van der Waals surface area contributed by atoms with E-state index in [1.165, 1.54) is 23.6 Å². The molecule has 4 rings (SSSR count). The molecule has 1 fully saturated rings. The summed E-state index contributed by atoms with van der Waals surface area (Å²) in [6.45, 7) is 1.85. The van der Waals surface area contributed by atoms with E-state index in [1.54, 1.807) is 11.9 Å². The van der Waals surface area contributed by atoms with Crippen molar-refractivity contribution in [2.75, 3.05) is 31.6 Å². The van der Waals surface area contributed by atoms with Crippen molar-refractivity contribution in [1.82, 2.24) is 15.6 Å². The molecule has 1 aromatic heterocycles. The first-order valence-corrected chi connectivity index (χ1v) is 9.87. The van der Waals surface area contributed by atoms with E-state index in [9.17, 15) is 8.78 Å². The summed E-state index contributed by atoms with van der Waals surface area (Å²) >= 11 is 0. The molecule has 0 aliphatic carbocycles. The molecule has 3 N–H and O–H groups in total. The zero-order valence-corrected chi connectivity index (χ0v) is 19.1. The maximum absolute atomic E-state index is 14.0. The Morgan fingerprint density at radius 2 is 1.93 bits per heavy atom. The Hall–Kier alpha value is -2.36. The third-order valence-corrected chi connectivity index (χ3v) is 5.28. The number of guanidine groups is 1. The highest BCUT2D eigenvalue weighted by molar-refractivity contribution is 14.0. The molecule has 0 saturated carbocycles. The van der Waals surface area contributed by atoms with Gasteiger partial charge in [-0.1, -0.05) is 24.3 Å². The molecular formula is C22H26F2IN5. The summed E-state index contributed by atoms with van der Waals surface area (Å²) in [4.78, 5) is 9.44. The first-order chi connectivity index (χ1) is 14.1. The average Bonchev–Trinajstić information content (AvgIpc) is 3.33. The number of aliphatic imine (C=N–C) groups is 1. The van der Waals surface area contributed by atoms with Gasteiger partial charge in [0.1, 0.15) is 17.3 Å². The minimum absolute atomic E-state index is 0. The Morgan fingerprint density at radius 1 is 1.17 bits per heavy atom. The number of benzene rings is 2. The van der Waals surface area contributed by atoms with Gasteiger partial charge in [-0.05, 0) is 36.1 Å². The molecule has 30 heavy (non-hydrogen) atoms. The SMILES string of the molecule is CN=C(NCCc1cc2ccccc2[nH]1)NC1CCN(c2c(F)cccc2F)C1.I. The second-order valence-corrected chi connectivity index (χ2v) is 7.28. The van der Waals surface area contributed by atoms with Gasteiger partial charge in [-0.25, -0.2) is 8.78 Å². The number of aromatic nitrogens is 1. The lowest BCUT2D eigenvalue weighted by Gasteiger charge is -2.21. The number of hydrogen-bond donors (Lipinski definition) is 3. The molecule has 1 unspecified atom stereocenters. The summed E-state index contributed by atoms with van der Waals surface area (Å²) in [7, 11) is 1.72. The first kappa shape index (κ1) is 22.3. The summed E-state index contributed by atoms with van der Waals surface area (Å²) in [6, 6.07) is 14.4. The third-order valence-electron chi connectivity index (χ3n) is 5.28. The zero-order valence-electron chi connectivity index (χ0n) is 16.8. The molecule has 0 radical (unpaired) electrons. The van der Waals surface area contributed by atoms with Crippen molar-refractivity contribution >= 4 is 46.5 Å². The van der Waals surface area contributed by atoms with Crippen molar-refractivity contribution in [3.05, 3.63) is 65.9 Å². The van der Waals surface area contributed by atoms with Crippen molar-refractivity contribution in [3.63, 3.8) is 0 Å². The molecule has 5 nitrogen and oxygen atoms in total. The number of aromatic amines is 1. The molecule has 160 valence electrons. The van der Waals surface area contributed by atoms with E-state index in [1.807, 2.05) is 12.1 Å². The summed E-state index contributed by atoms with van der Waals surface area (Å²) in [5.74, 6) is -0.347. The summed E-state index contributed by atoms with van der Waals surface area (Å²) in [5.41, 5.74) is 2.35. The Kier molecular flexibility index (Phi) is 7.52. The van der Waals surface area contributed by atoms with Gasteiger partial charge in [0.05, 0.1) is 0 Å². The highest BCUT2D eigenvalue weighted by Gasteiger charge is 2.27. The van der Waals surface area contributed by atoms with Gasteiger partial charge in [0.15, 0.2) is 5.96 Å². The average molecular weight is 525 g/mol.